The highest BCUT2D eigenvalue weighted by Gasteiger charge is 2.24. The molecule has 12 heteroatoms. The van der Waals surface area contributed by atoms with Crippen molar-refractivity contribution in [1.82, 2.24) is 19.8 Å². The number of aromatic nitrogens is 2. The Bertz CT molecular complexity index is 1330. The summed E-state index contributed by atoms with van der Waals surface area (Å²) < 4.78 is 28.6. The second-order valence-electron chi connectivity index (χ2n) is 10.8. The number of anilines is 2. The zero-order chi connectivity index (χ0) is 30.0. The Kier molecular flexibility index (Phi) is 10.7. The molecule has 1 aromatic heterocycles. The predicted molar refractivity (Wildman–Crippen MR) is 165 cm³/mol. The van der Waals surface area contributed by atoms with Crippen LogP contribution in [0.15, 0.2) is 42.7 Å². The number of amides is 2. The molecule has 0 saturated carbocycles. The summed E-state index contributed by atoms with van der Waals surface area (Å²) in [7, 11) is 1.65. The summed E-state index contributed by atoms with van der Waals surface area (Å²) in [5.41, 5.74) is 1.50. The maximum Gasteiger partial charge on any atom is 0.321 e. The predicted octanol–water partition coefficient (Wildman–Crippen LogP) is 3.51. The first kappa shape index (κ1) is 30.6. The molecule has 0 unspecified atom stereocenters. The molecule has 0 atom stereocenters. The van der Waals surface area contributed by atoms with Crippen molar-refractivity contribution in [2.75, 3.05) is 96.2 Å². The van der Waals surface area contributed by atoms with Gasteiger partial charge in [0.25, 0.3) is 0 Å². The van der Waals surface area contributed by atoms with Crippen LogP contribution in [0.4, 0.5) is 16.3 Å². The average molecular weight is 595 g/mol. The fourth-order valence-corrected chi connectivity index (χ4v) is 5.09. The molecule has 12 nitrogen and oxygen atoms in total. The summed E-state index contributed by atoms with van der Waals surface area (Å²) in [5, 5.41) is 3.86. The van der Waals surface area contributed by atoms with Crippen LogP contribution in [0.3, 0.4) is 0 Å². The van der Waals surface area contributed by atoms with E-state index in [1.54, 1.807) is 13.4 Å². The van der Waals surface area contributed by atoms with Gasteiger partial charge >= 0.3 is 6.03 Å². The van der Waals surface area contributed by atoms with E-state index in [1.807, 2.05) is 55.1 Å². The van der Waals surface area contributed by atoms with Crippen molar-refractivity contribution >= 4 is 28.4 Å². The van der Waals surface area contributed by atoms with Gasteiger partial charge in [-0.3, -0.25) is 4.90 Å². The van der Waals surface area contributed by atoms with E-state index in [9.17, 15) is 4.79 Å². The number of nitrogens with zero attached hydrogens (tertiary/aromatic N) is 5. The lowest BCUT2D eigenvalue weighted by Crippen LogP contribution is -2.50. The third-order valence-corrected chi connectivity index (χ3v) is 7.34. The van der Waals surface area contributed by atoms with Gasteiger partial charge in [0.15, 0.2) is 11.5 Å². The van der Waals surface area contributed by atoms with Crippen LogP contribution in [-0.4, -0.2) is 118 Å². The van der Waals surface area contributed by atoms with Crippen molar-refractivity contribution in [3.8, 4) is 17.2 Å². The Labute approximate surface area is 252 Å². The lowest BCUT2D eigenvalue weighted by Gasteiger charge is -2.35. The van der Waals surface area contributed by atoms with Gasteiger partial charge in [-0.25, -0.2) is 14.8 Å². The number of morpholine rings is 1. The number of hydrogen-bond acceptors (Lipinski definition) is 10. The molecule has 3 aromatic rings. The summed E-state index contributed by atoms with van der Waals surface area (Å²) in [6.45, 7) is 11.9. The van der Waals surface area contributed by atoms with E-state index in [0.29, 0.717) is 57.5 Å². The van der Waals surface area contributed by atoms with Crippen molar-refractivity contribution in [2.24, 2.45) is 0 Å². The molecule has 2 aliphatic heterocycles. The minimum absolute atomic E-state index is 0.0967. The van der Waals surface area contributed by atoms with Crippen LogP contribution in [-0.2, 0) is 9.47 Å². The number of fused-ring (bicyclic) bond motifs is 1. The van der Waals surface area contributed by atoms with Gasteiger partial charge < -0.3 is 38.8 Å². The quantitative estimate of drug-likeness (QED) is 0.313. The fraction of sp³-hybridized carbons (Fsp3) is 0.516. The van der Waals surface area contributed by atoms with Gasteiger partial charge in [0.05, 0.1) is 31.4 Å². The Morgan fingerprint density at radius 3 is 2.37 bits per heavy atom. The van der Waals surface area contributed by atoms with Gasteiger partial charge in [-0.15, -0.1) is 0 Å². The molecule has 2 saturated heterocycles. The zero-order valence-electron chi connectivity index (χ0n) is 25.3. The van der Waals surface area contributed by atoms with Gasteiger partial charge in [-0.1, -0.05) is 0 Å². The lowest BCUT2D eigenvalue weighted by atomic mass is 10.2. The number of methoxy groups -OCH3 is 1. The molecule has 3 heterocycles. The van der Waals surface area contributed by atoms with E-state index in [0.717, 1.165) is 61.0 Å². The second kappa shape index (κ2) is 15.0. The van der Waals surface area contributed by atoms with Crippen LogP contribution in [0.25, 0.3) is 10.9 Å². The van der Waals surface area contributed by atoms with Crippen LogP contribution in [0.1, 0.15) is 13.8 Å². The van der Waals surface area contributed by atoms with Crippen molar-refractivity contribution in [3.63, 3.8) is 0 Å². The van der Waals surface area contributed by atoms with Gasteiger partial charge in [0.2, 0.25) is 0 Å². The Hall–Kier alpha value is -3.87. The number of ether oxygens (including phenoxy) is 5. The van der Waals surface area contributed by atoms with Gasteiger partial charge in [0.1, 0.15) is 31.1 Å². The average Bonchev–Trinajstić information content (AvgIpc) is 3.02. The molecular weight excluding hydrogens is 552 g/mol. The number of piperazine rings is 1. The van der Waals surface area contributed by atoms with E-state index >= 15 is 0 Å². The summed E-state index contributed by atoms with van der Waals surface area (Å²) in [6.07, 6.45) is 1.67. The lowest BCUT2D eigenvalue weighted by molar-refractivity contribution is 0.0320. The zero-order valence-corrected chi connectivity index (χ0v) is 25.3. The Morgan fingerprint density at radius 1 is 0.930 bits per heavy atom. The molecule has 2 aliphatic rings. The van der Waals surface area contributed by atoms with Gasteiger partial charge in [-0.2, -0.15) is 0 Å². The molecule has 2 amide bonds. The topological polar surface area (TPSA) is 111 Å². The van der Waals surface area contributed by atoms with Gasteiger partial charge in [-0.05, 0) is 44.2 Å². The van der Waals surface area contributed by atoms with Crippen molar-refractivity contribution in [1.29, 1.82) is 0 Å². The highest BCUT2D eigenvalue weighted by Crippen LogP contribution is 2.35. The standard InChI is InChI=1S/C31H42N6O6/c1-23(2)43-25-6-4-24(5-7-25)34-31(38)37-10-8-36(9-11-37)30-26-20-28(42-19-18-39-3)29(21-27(26)32-22-33-30)41-17-14-35-12-15-40-16-13-35/h4-7,20-23H,8-19H2,1-3H3,(H,34,38). The molecule has 0 spiro atoms. The first-order valence-electron chi connectivity index (χ1n) is 14.9. The third-order valence-electron chi connectivity index (χ3n) is 7.34. The summed E-state index contributed by atoms with van der Waals surface area (Å²) >= 11 is 0. The van der Waals surface area contributed by atoms with Crippen molar-refractivity contribution < 1.29 is 28.5 Å². The monoisotopic (exact) mass is 594 g/mol. The SMILES string of the molecule is COCCOc1cc2c(N3CCN(C(=O)Nc4ccc(OC(C)C)cc4)CC3)ncnc2cc1OCCN1CCOCC1. The molecule has 43 heavy (non-hydrogen) atoms. The molecule has 5 rings (SSSR count). The van der Waals surface area contributed by atoms with Crippen molar-refractivity contribution in [3.05, 3.63) is 42.7 Å². The Balaban J connectivity index is 1.23. The van der Waals surface area contributed by atoms with E-state index in [1.165, 1.54) is 0 Å². The highest BCUT2D eigenvalue weighted by molar-refractivity contribution is 5.92. The first-order valence-corrected chi connectivity index (χ1v) is 14.9. The van der Waals surface area contributed by atoms with E-state index in [2.05, 4.69) is 25.1 Å². The number of nitrogens with one attached hydrogen (secondary N) is 1. The van der Waals surface area contributed by atoms with Crippen molar-refractivity contribution in [2.45, 2.75) is 20.0 Å². The number of benzene rings is 2. The minimum atomic E-state index is -0.127. The summed E-state index contributed by atoms with van der Waals surface area (Å²) in [4.78, 5) is 28.5. The van der Waals surface area contributed by atoms with Crippen LogP contribution in [0, 0.1) is 0 Å². The number of carbonyl (C=O) groups excluding carboxylic acids is 1. The highest BCUT2D eigenvalue weighted by atomic mass is 16.5. The molecule has 0 bridgehead atoms. The summed E-state index contributed by atoms with van der Waals surface area (Å²) in [5.74, 6) is 2.86. The third kappa shape index (κ3) is 8.37. The second-order valence-corrected chi connectivity index (χ2v) is 10.8. The van der Waals surface area contributed by atoms with E-state index < -0.39 is 0 Å². The van der Waals surface area contributed by atoms with E-state index in [4.69, 9.17) is 23.7 Å². The minimum Gasteiger partial charge on any atom is -0.491 e. The number of rotatable bonds is 12. The number of carbonyl (C=O) groups is 1. The van der Waals surface area contributed by atoms with Gasteiger partial charge in [0, 0.05) is 70.1 Å². The molecule has 232 valence electrons. The Morgan fingerprint density at radius 2 is 1.65 bits per heavy atom. The smallest absolute Gasteiger partial charge is 0.321 e. The number of urea groups is 1. The summed E-state index contributed by atoms with van der Waals surface area (Å²) in [6, 6.07) is 11.2. The van der Waals surface area contributed by atoms with Crippen LogP contribution in [0.5, 0.6) is 17.2 Å². The molecule has 2 fully saturated rings. The first-order chi connectivity index (χ1) is 21.0. The van der Waals surface area contributed by atoms with Crippen LogP contribution >= 0.6 is 0 Å². The molecule has 1 N–H and O–H groups in total. The fourth-order valence-electron chi connectivity index (χ4n) is 5.09. The molecule has 2 aromatic carbocycles. The normalized spacial score (nSPS) is 16.0. The largest absolute Gasteiger partial charge is 0.491 e. The molecule has 0 radical (unpaired) electrons. The van der Waals surface area contributed by atoms with Crippen LogP contribution in [0.2, 0.25) is 0 Å². The molecular formula is C31H42N6O6. The van der Waals surface area contributed by atoms with E-state index in [-0.39, 0.29) is 12.1 Å². The molecule has 0 aliphatic carbocycles. The van der Waals surface area contributed by atoms with Crippen LogP contribution < -0.4 is 24.4 Å². The number of hydrogen-bond donors (Lipinski definition) is 1. The maximum atomic E-state index is 13.0. The maximum absolute atomic E-state index is 13.0.